The minimum atomic E-state index is 0.593. The van der Waals surface area contributed by atoms with Crippen LogP contribution in [0.25, 0.3) is 100 Å². The average molecular weight is 678 g/mol. The summed E-state index contributed by atoms with van der Waals surface area (Å²) in [6, 6.07) is 65.2. The van der Waals surface area contributed by atoms with Crippen LogP contribution in [0.3, 0.4) is 0 Å². The largest absolute Gasteiger partial charge is 0.456 e. The fourth-order valence-electron chi connectivity index (χ4n) is 7.32. The van der Waals surface area contributed by atoms with E-state index in [1.165, 1.54) is 22.3 Å². The van der Waals surface area contributed by atoms with Crippen LogP contribution in [-0.4, -0.2) is 15.0 Å². The summed E-state index contributed by atoms with van der Waals surface area (Å²) in [6.45, 7) is 0. The van der Waals surface area contributed by atoms with E-state index in [4.69, 9.17) is 19.4 Å². The molecule has 8 aromatic carbocycles. The lowest BCUT2D eigenvalue weighted by atomic mass is 9.95. The summed E-state index contributed by atoms with van der Waals surface area (Å²) in [7, 11) is 0. The van der Waals surface area contributed by atoms with Crippen LogP contribution in [0, 0.1) is 0 Å². The second-order valence-electron chi connectivity index (χ2n) is 13.2. The number of rotatable bonds is 6. The standard InChI is InChI=1S/C49H31N3O/c1-3-12-32(13-4-1)33-24-26-34(27-25-33)37-18-9-19-38(30-37)41-21-11-23-44-46(41)43-29-28-39(31-45(43)53-44)48-50-47(36-15-5-2-6-16-36)51-49(52-48)42-22-10-17-35-14-7-8-20-40(35)42/h1-31H. The third kappa shape index (κ3) is 5.63. The van der Waals surface area contributed by atoms with E-state index in [1.54, 1.807) is 0 Å². The van der Waals surface area contributed by atoms with Crippen LogP contribution in [0.4, 0.5) is 0 Å². The van der Waals surface area contributed by atoms with E-state index in [0.29, 0.717) is 17.5 Å². The summed E-state index contributed by atoms with van der Waals surface area (Å²) in [5.74, 6) is 1.85. The highest BCUT2D eigenvalue weighted by Crippen LogP contribution is 2.39. The molecule has 0 bridgehead atoms. The highest BCUT2D eigenvalue weighted by atomic mass is 16.3. The van der Waals surface area contributed by atoms with Crippen molar-refractivity contribution in [3.05, 3.63) is 188 Å². The van der Waals surface area contributed by atoms with E-state index in [-0.39, 0.29) is 0 Å². The van der Waals surface area contributed by atoms with Crippen molar-refractivity contribution in [3.8, 4) is 67.5 Å². The average Bonchev–Trinajstić information content (AvgIpc) is 3.62. The number of benzene rings is 8. The second-order valence-corrected chi connectivity index (χ2v) is 13.2. The zero-order valence-corrected chi connectivity index (χ0v) is 28.6. The first-order valence-electron chi connectivity index (χ1n) is 17.8. The number of nitrogens with zero attached hydrogens (tertiary/aromatic N) is 3. The van der Waals surface area contributed by atoms with Crippen molar-refractivity contribution in [2.75, 3.05) is 0 Å². The molecular weight excluding hydrogens is 647 g/mol. The zero-order valence-electron chi connectivity index (χ0n) is 28.6. The molecule has 0 fully saturated rings. The van der Waals surface area contributed by atoms with Crippen molar-refractivity contribution in [2.45, 2.75) is 0 Å². The van der Waals surface area contributed by atoms with Crippen LogP contribution in [0.1, 0.15) is 0 Å². The highest BCUT2D eigenvalue weighted by Gasteiger charge is 2.18. The van der Waals surface area contributed by atoms with Gasteiger partial charge in [-0.15, -0.1) is 0 Å². The molecule has 0 amide bonds. The van der Waals surface area contributed by atoms with Gasteiger partial charge in [0.05, 0.1) is 0 Å². The van der Waals surface area contributed by atoms with Gasteiger partial charge >= 0.3 is 0 Å². The minimum Gasteiger partial charge on any atom is -0.456 e. The van der Waals surface area contributed by atoms with E-state index in [9.17, 15) is 0 Å². The Morgan fingerprint density at radius 3 is 1.66 bits per heavy atom. The van der Waals surface area contributed by atoms with Gasteiger partial charge in [0.15, 0.2) is 17.5 Å². The van der Waals surface area contributed by atoms with Crippen molar-refractivity contribution >= 4 is 32.7 Å². The molecule has 0 aliphatic heterocycles. The Morgan fingerprint density at radius 1 is 0.302 bits per heavy atom. The number of hydrogen-bond acceptors (Lipinski definition) is 4. The molecule has 4 heteroatoms. The molecule has 0 aliphatic rings. The first-order chi connectivity index (χ1) is 26.2. The first-order valence-corrected chi connectivity index (χ1v) is 17.8. The summed E-state index contributed by atoms with van der Waals surface area (Å²) in [5.41, 5.74) is 11.4. The lowest BCUT2D eigenvalue weighted by Crippen LogP contribution is -2.00. The maximum absolute atomic E-state index is 6.56. The smallest absolute Gasteiger partial charge is 0.164 e. The second kappa shape index (κ2) is 12.9. The van der Waals surface area contributed by atoms with Crippen LogP contribution in [0.15, 0.2) is 192 Å². The summed E-state index contributed by atoms with van der Waals surface area (Å²) >= 11 is 0. The van der Waals surface area contributed by atoms with E-state index in [0.717, 1.165) is 60.5 Å². The zero-order chi connectivity index (χ0) is 35.1. The molecule has 0 atom stereocenters. The molecule has 0 unspecified atom stereocenters. The Bertz CT molecular complexity index is 2930. The van der Waals surface area contributed by atoms with Crippen LogP contribution >= 0.6 is 0 Å². The first kappa shape index (κ1) is 30.6. The predicted molar refractivity (Wildman–Crippen MR) is 217 cm³/mol. The van der Waals surface area contributed by atoms with E-state index in [1.807, 2.05) is 42.5 Å². The van der Waals surface area contributed by atoms with Crippen molar-refractivity contribution in [1.29, 1.82) is 0 Å². The molecule has 10 aromatic rings. The minimum absolute atomic E-state index is 0.593. The Balaban J connectivity index is 1.06. The highest BCUT2D eigenvalue weighted by molar-refractivity contribution is 6.13. The lowest BCUT2D eigenvalue weighted by molar-refractivity contribution is 0.669. The van der Waals surface area contributed by atoms with Crippen LogP contribution in [0.5, 0.6) is 0 Å². The van der Waals surface area contributed by atoms with E-state index in [2.05, 4.69) is 146 Å². The lowest BCUT2D eigenvalue weighted by Gasteiger charge is -2.10. The van der Waals surface area contributed by atoms with Gasteiger partial charge < -0.3 is 4.42 Å². The van der Waals surface area contributed by atoms with Gasteiger partial charge in [0.1, 0.15) is 11.2 Å². The maximum Gasteiger partial charge on any atom is 0.164 e. The molecule has 0 radical (unpaired) electrons. The molecule has 4 nitrogen and oxygen atoms in total. The topological polar surface area (TPSA) is 51.8 Å². The van der Waals surface area contributed by atoms with Crippen LogP contribution < -0.4 is 0 Å². The third-order valence-corrected chi connectivity index (χ3v) is 9.95. The molecule has 0 aliphatic carbocycles. The van der Waals surface area contributed by atoms with E-state index >= 15 is 0 Å². The Morgan fingerprint density at radius 2 is 0.849 bits per heavy atom. The number of furan rings is 1. The van der Waals surface area contributed by atoms with Gasteiger partial charge in [0.2, 0.25) is 0 Å². The SMILES string of the molecule is c1ccc(-c2ccc(-c3cccc(-c4cccc5oc6cc(-c7nc(-c8ccccc8)nc(-c8cccc9ccccc89)n7)ccc6c45)c3)cc2)cc1. The monoisotopic (exact) mass is 677 g/mol. The molecule has 248 valence electrons. The molecule has 2 aromatic heterocycles. The quantitative estimate of drug-likeness (QED) is 0.176. The van der Waals surface area contributed by atoms with Crippen molar-refractivity contribution in [3.63, 3.8) is 0 Å². The summed E-state index contributed by atoms with van der Waals surface area (Å²) in [4.78, 5) is 15.1. The molecule has 0 saturated heterocycles. The molecule has 10 rings (SSSR count). The van der Waals surface area contributed by atoms with Gasteiger partial charge in [-0.25, -0.2) is 15.0 Å². The summed E-state index contributed by atoms with van der Waals surface area (Å²) in [5, 5.41) is 4.37. The maximum atomic E-state index is 6.56. The number of hydrogen-bond donors (Lipinski definition) is 0. The molecule has 0 saturated carbocycles. The Kier molecular flexibility index (Phi) is 7.43. The summed E-state index contributed by atoms with van der Waals surface area (Å²) < 4.78 is 6.56. The van der Waals surface area contributed by atoms with Gasteiger partial charge in [-0.05, 0) is 68.4 Å². The fraction of sp³-hybridized carbons (Fsp3) is 0. The molecular formula is C49H31N3O. The fourth-order valence-corrected chi connectivity index (χ4v) is 7.32. The van der Waals surface area contributed by atoms with E-state index < -0.39 is 0 Å². The molecule has 53 heavy (non-hydrogen) atoms. The molecule has 0 N–H and O–H groups in total. The van der Waals surface area contributed by atoms with Gasteiger partial charge in [0, 0.05) is 27.5 Å². The molecule has 0 spiro atoms. The van der Waals surface area contributed by atoms with Crippen molar-refractivity contribution in [1.82, 2.24) is 15.0 Å². The van der Waals surface area contributed by atoms with Crippen molar-refractivity contribution < 1.29 is 4.42 Å². The van der Waals surface area contributed by atoms with Gasteiger partial charge in [-0.1, -0.05) is 164 Å². The third-order valence-electron chi connectivity index (χ3n) is 9.95. The Labute approximate surface area is 306 Å². The predicted octanol–water partition coefficient (Wildman–Crippen LogP) is 12.9. The van der Waals surface area contributed by atoms with Gasteiger partial charge in [-0.3, -0.25) is 0 Å². The summed E-state index contributed by atoms with van der Waals surface area (Å²) in [6.07, 6.45) is 0. The normalized spacial score (nSPS) is 11.4. The molecule has 2 heterocycles. The van der Waals surface area contributed by atoms with Crippen molar-refractivity contribution in [2.24, 2.45) is 0 Å². The van der Waals surface area contributed by atoms with Crippen LogP contribution in [-0.2, 0) is 0 Å². The van der Waals surface area contributed by atoms with Gasteiger partial charge in [0.25, 0.3) is 0 Å². The van der Waals surface area contributed by atoms with Crippen LogP contribution in [0.2, 0.25) is 0 Å². The van der Waals surface area contributed by atoms with Gasteiger partial charge in [-0.2, -0.15) is 0 Å². The number of fused-ring (bicyclic) bond motifs is 4. The number of aromatic nitrogens is 3. The Hall–Kier alpha value is -7.17.